The van der Waals surface area contributed by atoms with Crippen LogP contribution in [0.25, 0.3) is 10.9 Å². The molecule has 2 N–H and O–H groups in total. The van der Waals surface area contributed by atoms with Crippen LogP contribution >= 0.6 is 0 Å². The largest absolute Gasteiger partial charge is 0.493 e. The molecule has 1 unspecified atom stereocenters. The van der Waals surface area contributed by atoms with Crippen LogP contribution in [0.4, 0.5) is 14.5 Å². The first-order valence-electron chi connectivity index (χ1n) is 11.1. The van der Waals surface area contributed by atoms with Gasteiger partial charge in [0.05, 0.1) is 12.7 Å². The molecule has 3 aromatic carbocycles. The summed E-state index contributed by atoms with van der Waals surface area (Å²) in [6.07, 6.45) is 1.94. The minimum Gasteiger partial charge on any atom is -0.493 e. The molecule has 182 valence electrons. The average molecular weight is 480 g/mol. The van der Waals surface area contributed by atoms with Crippen LogP contribution in [-0.4, -0.2) is 45.3 Å². The first-order valence-corrected chi connectivity index (χ1v) is 11.1. The number of anilines is 1. The van der Waals surface area contributed by atoms with Crippen LogP contribution in [0.3, 0.4) is 0 Å². The molecular weight excluding hydrogens is 452 g/mol. The van der Waals surface area contributed by atoms with Crippen LogP contribution in [0.15, 0.2) is 72.9 Å². The van der Waals surface area contributed by atoms with Gasteiger partial charge in [0.1, 0.15) is 0 Å². The smallest absolute Gasteiger partial charge is 0.387 e. The fourth-order valence-corrected chi connectivity index (χ4v) is 4.15. The van der Waals surface area contributed by atoms with E-state index in [-0.39, 0.29) is 29.5 Å². The highest BCUT2D eigenvalue weighted by atomic mass is 19.3. The molecule has 4 aromatic rings. The van der Waals surface area contributed by atoms with Crippen molar-refractivity contribution in [3.8, 4) is 11.5 Å². The van der Waals surface area contributed by atoms with Crippen molar-refractivity contribution >= 4 is 22.5 Å². The number of nitrogens with one attached hydrogen (secondary N) is 2. The van der Waals surface area contributed by atoms with Crippen LogP contribution in [0, 0.1) is 0 Å². The van der Waals surface area contributed by atoms with Crippen molar-refractivity contribution in [1.29, 1.82) is 0 Å². The third-order valence-electron chi connectivity index (χ3n) is 5.93. The van der Waals surface area contributed by atoms with E-state index in [2.05, 4.69) is 15.0 Å². The molecule has 0 aliphatic rings. The number of halogens is 2. The molecule has 0 saturated carbocycles. The van der Waals surface area contributed by atoms with Crippen LogP contribution < -0.4 is 19.7 Å². The lowest BCUT2D eigenvalue weighted by atomic mass is 9.90. The van der Waals surface area contributed by atoms with E-state index in [4.69, 9.17) is 4.74 Å². The summed E-state index contributed by atoms with van der Waals surface area (Å²) >= 11 is 0. The molecule has 4 rings (SSSR count). The standard InChI is InChI=1S/C27H27F2N3O3/c1-32(2)18-13-11-17(12-14-18)21(22-16-30-23-9-5-4-7-19(22)23)15-31-26(33)20-8-6-10-24(34-3)25(20)35-27(28)29/h4-14,16,21,27,30H,15H2,1-3H3,(H,31,33). The summed E-state index contributed by atoms with van der Waals surface area (Å²) in [7, 11) is 5.28. The predicted molar refractivity (Wildman–Crippen MR) is 133 cm³/mol. The van der Waals surface area contributed by atoms with Crippen molar-refractivity contribution in [2.75, 3.05) is 32.6 Å². The number of alkyl halides is 2. The van der Waals surface area contributed by atoms with Crippen molar-refractivity contribution in [2.24, 2.45) is 0 Å². The molecule has 0 saturated heterocycles. The molecule has 0 radical (unpaired) electrons. The zero-order valence-corrected chi connectivity index (χ0v) is 19.7. The number of H-pyrrole nitrogens is 1. The Morgan fingerprint density at radius 3 is 2.46 bits per heavy atom. The number of fused-ring (bicyclic) bond motifs is 1. The highest BCUT2D eigenvalue weighted by molar-refractivity contribution is 5.98. The summed E-state index contributed by atoms with van der Waals surface area (Å²) in [4.78, 5) is 18.4. The second-order valence-electron chi connectivity index (χ2n) is 8.25. The number of para-hydroxylation sites is 2. The van der Waals surface area contributed by atoms with E-state index in [0.29, 0.717) is 0 Å². The molecule has 1 amide bonds. The molecular formula is C27H27F2N3O3. The molecule has 6 nitrogen and oxygen atoms in total. The number of aromatic nitrogens is 1. The van der Waals surface area contributed by atoms with Crippen molar-refractivity contribution in [2.45, 2.75) is 12.5 Å². The molecule has 1 atom stereocenters. The minimum atomic E-state index is -3.09. The fourth-order valence-electron chi connectivity index (χ4n) is 4.15. The molecule has 0 fully saturated rings. The van der Waals surface area contributed by atoms with Gasteiger partial charge in [-0.3, -0.25) is 4.79 Å². The van der Waals surface area contributed by atoms with E-state index < -0.39 is 12.5 Å². The first kappa shape index (κ1) is 24.1. The molecule has 0 bridgehead atoms. The number of carbonyl (C=O) groups is 1. The van der Waals surface area contributed by atoms with Gasteiger partial charge in [-0.1, -0.05) is 36.4 Å². The maximum absolute atomic E-state index is 13.1. The van der Waals surface area contributed by atoms with Gasteiger partial charge < -0.3 is 24.7 Å². The van der Waals surface area contributed by atoms with Crippen LogP contribution in [-0.2, 0) is 0 Å². The van der Waals surface area contributed by atoms with E-state index in [1.54, 1.807) is 6.07 Å². The third-order valence-corrected chi connectivity index (χ3v) is 5.93. The topological polar surface area (TPSA) is 66.6 Å². The Balaban J connectivity index is 1.66. The van der Waals surface area contributed by atoms with Crippen LogP contribution in [0.5, 0.6) is 11.5 Å². The van der Waals surface area contributed by atoms with Crippen molar-refractivity contribution in [3.63, 3.8) is 0 Å². The quantitative estimate of drug-likeness (QED) is 0.337. The number of amides is 1. The lowest BCUT2D eigenvalue weighted by Crippen LogP contribution is -2.29. The molecule has 8 heteroatoms. The summed E-state index contributed by atoms with van der Waals surface area (Å²) in [5.41, 5.74) is 4.05. The lowest BCUT2D eigenvalue weighted by Gasteiger charge is -2.20. The van der Waals surface area contributed by atoms with Gasteiger partial charge in [-0.15, -0.1) is 0 Å². The number of nitrogens with zero attached hydrogens (tertiary/aromatic N) is 1. The molecule has 1 aromatic heterocycles. The normalized spacial score (nSPS) is 11.9. The van der Waals surface area contributed by atoms with Crippen molar-refractivity contribution in [3.05, 3.63) is 89.6 Å². The number of rotatable bonds is 9. The highest BCUT2D eigenvalue weighted by Gasteiger charge is 2.23. The summed E-state index contributed by atoms with van der Waals surface area (Å²) in [6, 6.07) is 20.5. The Morgan fingerprint density at radius 1 is 1.03 bits per heavy atom. The van der Waals surface area contributed by atoms with E-state index in [0.717, 1.165) is 27.7 Å². The Morgan fingerprint density at radius 2 is 1.77 bits per heavy atom. The van der Waals surface area contributed by atoms with Gasteiger partial charge in [0.15, 0.2) is 11.5 Å². The lowest BCUT2D eigenvalue weighted by molar-refractivity contribution is -0.0515. The van der Waals surface area contributed by atoms with E-state index in [9.17, 15) is 13.6 Å². The summed E-state index contributed by atoms with van der Waals surface area (Å²) < 4.78 is 35.8. The van der Waals surface area contributed by atoms with Crippen LogP contribution in [0.1, 0.15) is 27.4 Å². The number of hydrogen-bond donors (Lipinski definition) is 2. The number of aromatic amines is 1. The zero-order chi connectivity index (χ0) is 24.9. The van der Waals surface area contributed by atoms with Gasteiger partial charge in [-0.05, 0) is 41.5 Å². The van der Waals surface area contributed by atoms with Gasteiger partial charge in [-0.25, -0.2) is 0 Å². The number of benzene rings is 3. The minimum absolute atomic E-state index is 0.0229. The maximum Gasteiger partial charge on any atom is 0.387 e. The Bertz CT molecular complexity index is 1300. The van der Waals surface area contributed by atoms with E-state index in [1.807, 2.05) is 73.7 Å². The van der Waals surface area contributed by atoms with Crippen molar-refractivity contribution < 1.29 is 23.0 Å². The number of ether oxygens (including phenoxy) is 2. The number of hydrogen-bond acceptors (Lipinski definition) is 4. The van der Waals surface area contributed by atoms with Gasteiger partial charge in [0.25, 0.3) is 5.91 Å². The van der Waals surface area contributed by atoms with Gasteiger partial charge in [0, 0.05) is 49.3 Å². The van der Waals surface area contributed by atoms with E-state index in [1.165, 1.54) is 19.2 Å². The monoisotopic (exact) mass is 479 g/mol. The second kappa shape index (κ2) is 10.5. The Kier molecular flexibility index (Phi) is 7.19. The van der Waals surface area contributed by atoms with Gasteiger partial charge in [-0.2, -0.15) is 8.78 Å². The summed E-state index contributed by atoms with van der Waals surface area (Å²) in [5.74, 6) is -0.947. The molecule has 0 aliphatic heterocycles. The Labute approximate surface area is 202 Å². The average Bonchev–Trinajstić information content (AvgIpc) is 3.28. The van der Waals surface area contributed by atoms with Gasteiger partial charge >= 0.3 is 6.61 Å². The number of carbonyl (C=O) groups excluding carboxylic acids is 1. The van der Waals surface area contributed by atoms with Crippen molar-refractivity contribution in [1.82, 2.24) is 10.3 Å². The zero-order valence-electron chi connectivity index (χ0n) is 19.7. The molecule has 0 spiro atoms. The van der Waals surface area contributed by atoms with Crippen LogP contribution in [0.2, 0.25) is 0 Å². The Hall–Kier alpha value is -4.07. The summed E-state index contributed by atoms with van der Waals surface area (Å²) in [6.45, 7) is -2.85. The summed E-state index contributed by atoms with van der Waals surface area (Å²) in [5, 5.41) is 3.96. The predicted octanol–water partition coefficient (Wildman–Crippen LogP) is 5.41. The maximum atomic E-state index is 13.1. The second-order valence-corrected chi connectivity index (χ2v) is 8.25. The molecule has 35 heavy (non-hydrogen) atoms. The fraction of sp³-hybridized carbons (Fsp3) is 0.222. The molecule has 0 aliphatic carbocycles. The third kappa shape index (κ3) is 5.21. The molecule has 1 heterocycles. The SMILES string of the molecule is COc1cccc(C(=O)NCC(c2ccc(N(C)C)cc2)c2c[nH]c3ccccc23)c1OC(F)F. The van der Waals surface area contributed by atoms with E-state index >= 15 is 0 Å². The van der Waals surface area contributed by atoms with Gasteiger partial charge in [0.2, 0.25) is 0 Å². The number of methoxy groups -OCH3 is 1. The highest BCUT2D eigenvalue weighted by Crippen LogP contribution is 2.34. The first-order chi connectivity index (χ1) is 16.9.